The molecule has 0 heterocycles. The van der Waals surface area contributed by atoms with Crippen LogP contribution in [-0.4, -0.2) is 33.3 Å². The highest BCUT2D eigenvalue weighted by Gasteiger charge is 2.78. The number of allylic oxidation sites excluding steroid dienone is 4. The summed E-state index contributed by atoms with van der Waals surface area (Å²) in [6.07, 6.45) is 10.2. The van der Waals surface area contributed by atoms with E-state index in [1.165, 1.54) is 30.9 Å². The lowest BCUT2D eigenvalue weighted by Crippen LogP contribution is -2.47. The molecule has 37 heavy (non-hydrogen) atoms. The molecule has 0 aliphatic heterocycles. The molecule has 5 nitrogen and oxygen atoms in total. The number of benzene rings is 1. The summed E-state index contributed by atoms with van der Waals surface area (Å²) in [6, 6.07) is 8.59. The predicted molar refractivity (Wildman–Crippen MR) is 145 cm³/mol. The molecule has 7 atom stereocenters. The molecule has 0 amide bonds. The fourth-order valence-electron chi connectivity index (χ4n) is 9.28. The molecule has 0 saturated heterocycles. The SMILES string of the molecule is COc1ccc([C@]23C=C[C@@]4(CCCC[C@]24C)[C@@H]2C3=C(O[Si](C)(C)C)C[C@H]3C(OC(C)=O)CC(=O)[C@@H]23)cc1. The number of methoxy groups -OCH3 is 1. The Morgan fingerprint density at radius 2 is 1.73 bits per heavy atom. The van der Waals surface area contributed by atoms with Gasteiger partial charge in [-0.2, -0.15) is 0 Å². The summed E-state index contributed by atoms with van der Waals surface area (Å²) < 4.78 is 18.3. The van der Waals surface area contributed by atoms with Crippen molar-refractivity contribution in [2.45, 2.75) is 83.5 Å². The number of carbonyl (C=O) groups excluding carboxylic acids is 2. The van der Waals surface area contributed by atoms with Gasteiger partial charge in [0.05, 0.1) is 12.9 Å². The third-order valence-electron chi connectivity index (χ3n) is 10.4. The van der Waals surface area contributed by atoms with Gasteiger partial charge in [-0.3, -0.25) is 9.59 Å². The maximum absolute atomic E-state index is 13.8. The second-order valence-electron chi connectivity index (χ2n) is 13.2. The standard InChI is InChI=1S/C31H40O5Si/c1-19(32)35-24-18-23(33)26-22(24)17-25(36-37(4,5)6)27-28(26)30-14-8-7-13-29(30,2)31(27,16-15-30)20-9-11-21(34-3)12-10-20/h9-12,15-16,22,24,26,28H,7-8,13-14,17-18H2,1-6H3/t22-,24?,26-,28-,29-,30-,31-/m0/s1. The number of fused-ring (bicyclic) bond motifs is 4. The molecule has 0 spiro atoms. The highest BCUT2D eigenvalue weighted by molar-refractivity contribution is 6.70. The zero-order chi connectivity index (χ0) is 26.4. The minimum atomic E-state index is -1.97. The average Bonchev–Trinajstić information content (AvgIpc) is 3.36. The summed E-state index contributed by atoms with van der Waals surface area (Å²) >= 11 is 0. The van der Waals surface area contributed by atoms with E-state index in [0.717, 1.165) is 24.4 Å². The van der Waals surface area contributed by atoms with Crippen LogP contribution in [0.25, 0.3) is 0 Å². The molecule has 1 aromatic rings. The van der Waals surface area contributed by atoms with Gasteiger partial charge in [0, 0.05) is 48.3 Å². The third kappa shape index (κ3) is 3.20. The van der Waals surface area contributed by atoms with Gasteiger partial charge in [0.2, 0.25) is 8.32 Å². The van der Waals surface area contributed by atoms with Crippen molar-refractivity contribution < 1.29 is 23.5 Å². The van der Waals surface area contributed by atoms with Crippen LogP contribution in [0.15, 0.2) is 47.7 Å². The third-order valence-corrected chi connectivity index (χ3v) is 11.3. The number of ether oxygens (including phenoxy) is 2. The van der Waals surface area contributed by atoms with Crippen molar-refractivity contribution in [1.29, 1.82) is 0 Å². The number of carbonyl (C=O) groups is 2. The Morgan fingerprint density at radius 3 is 2.38 bits per heavy atom. The van der Waals surface area contributed by atoms with Crippen molar-refractivity contribution in [2.24, 2.45) is 28.6 Å². The van der Waals surface area contributed by atoms with Crippen LogP contribution in [0.3, 0.4) is 0 Å². The quantitative estimate of drug-likeness (QED) is 0.257. The zero-order valence-corrected chi connectivity index (χ0v) is 24.1. The minimum Gasteiger partial charge on any atom is -0.547 e. The van der Waals surface area contributed by atoms with Crippen LogP contribution in [0.1, 0.15) is 57.9 Å². The van der Waals surface area contributed by atoms with E-state index in [0.29, 0.717) is 12.8 Å². The smallest absolute Gasteiger partial charge is 0.302 e. The number of Topliss-reactive ketones (excluding diaryl/α,β-unsaturated/α-hetero) is 1. The first-order valence-electron chi connectivity index (χ1n) is 13.9. The Bertz CT molecular complexity index is 1210. The maximum atomic E-state index is 13.8. The van der Waals surface area contributed by atoms with Crippen molar-refractivity contribution in [3.63, 3.8) is 0 Å². The molecule has 6 rings (SSSR count). The van der Waals surface area contributed by atoms with Crippen LogP contribution in [0.2, 0.25) is 19.6 Å². The molecule has 5 aliphatic carbocycles. The highest BCUT2D eigenvalue weighted by atomic mass is 28.4. The Balaban J connectivity index is 1.62. The van der Waals surface area contributed by atoms with Gasteiger partial charge in [-0.1, -0.05) is 44.1 Å². The number of hydrogen-bond acceptors (Lipinski definition) is 5. The van der Waals surface area contributed by atoms with Crippen LogP contribution in [0.4, 0.5) is 0 Å². The lowest BCUT2D eigenvalue weighted by Gasteiger charge is -2.51. The van der Waals surface area contributed by atoms with Gasteiger partial charge in [-0.15, -0.1) is 0 Å². The molecule has 5 aliphatic rings. The van der Waals surface area contributed by atoms with Gasteiger partial charge in [-0.25, -0.2) is 0 Å². The van der Waals surface area contributed by atoms with Crippen molar-refractivity contribution in [3.8, 4) is 5.75 Å². The van der Waals surface area contributed by atoms with E-state index in [9.17, 15) is 9.59 Å². The fraction of sp³-hybridized carbons (Fsp3) is 0.613. The topological polar surface area (TPSA) is 61.8 Å². The van der Waals surface area contributed by atoms with Crippen molar-refractivity contribution in [3.05, 3.63) is 53.3 Å². The first-order valence-corrected chi connectivity index (χ1v) is 17.4. The van der Waals surface area contributed by atoms with E-state index >= 15 is 0 Å². The summed E-state index contributed by atoms with van der Waals surface area (Å²) in [7, 11) is -0.261. The lowest BCUT2D eigenvalue weighted by atomic mass is 9.52. The Kier molecular flexibility index (Phi) is 5.45. The molecule has 3 saturated carbocycles. The Labute approximate surface area is 221 Å². The van der Waals surface area contributed by atoms with Crippen molar-refractivity contribution >= 4 is 20.1 Å². The summed E-state index contributed by atoms with van der Waals surface area (Å²) in [5, 5.41) is 0. The number of esters is 1. The monoisotopic (exact) mass is 520 g/mol. The molecule has 1 unspecified atom stereocenters. The van der Waals surface area contributed by atoms with E-state index in [1.807, 2.05) is 0 Å². The van der Waals surface area contributed by atoms with E-state index in [4.69, 9.17) is 13.9 Å². The average molecular weight is 521 g/mol. The Hall–Kier alpha value is -2.34. The molecular formula is C31H40O5Si. The van der Waals surface area contributed by atoms with Gasteiger partial charge in [0.1, 0.15) is 17.6 Å². The van der Waals surface area contributed by atoms with Gasteiger partial charge in [0.25, 0.3) is 0 Å². The maximum Gasteiger partial charge on any atom is 0.302 e. The first kappa shape index (κ1) is 25.0. The largest absolute Gasteiger partial charge is 0.547 e. The van der Waals surface area contributed by atoms with Crippen LogP contribution in [-0.2, 0) is 24.2 Å². The zero-order valence-electron chi connectivity index (χ0n) is 23.1. The molecule has 198 valence electrons. The first-order chi connectivity index (χ1) is 17.5. The molecule has 0 radical (unpaired) electrons. The summed E-state index contributed by atoms with van der Waals surface area (Å²) in [6.45, 7) is 10.6. The molecule has 1 aromatic carbocycles. The van der Waals surface area contributed by atoms with Gasteiger partial charge in [-0.05, 0) is 61.2 Å². The lowest BCUT2D eigenvalue weighted by molar-refractivity contribution is -0.149. The summed E-state index contributed by atoms with van der Waals surface area (Å²) in [5.74, 6) is 1.83. The van der Waals surface area contributed by atoms with Crippen LogP contribution >= 0.6 is 0 Å². The number of ketones is 1. The van der Waals surface area contributed by atoms with E-state index < -0.39 is 8.32 Å². The number of hydrogen-bond donors (Lipinski definition) is 0. The van der Waals surface area contributed by atoms with Crippen molar-refractivity contribution in [2.75, 3.05) is 7.11 Å². The van der Waals surface area contributed by atoms with Crippen LogP contribution < -0.4 is 4.74 Å². The molecule has 0 N–H and O–H groups in total. The number of rotatable bonds is 5. The second-order valence-corrected chi connectivity index (χ2v) is 17.6. The normalized spacial score (nSPS) is 39.8. The van der Waals surface area contributed by atoms with E-state index in [2.05, 4.69) is 63.0 Å². The van der Waals surface area contributed by atoms with Gasteiger partial charge in [0.15, 0.2) is 0 Å². The highest BCUT2D eigenvalue weighted by Crippen LogP contribution is 2.81. The van der Waals surface area contributed by atoms with Crippen molar-refractivity contribution in [1.82, 2.24) is 0 Å². The molecule has 3 fully saturated rings. The van der Waals surface area contributed by atoms with E-state index in [-0.39, 0.29) is 51.9 Å². The predicted octanol–water partition coefficient (Wildman–Crippen LogP) is 6.35. The van der Waals surface area contributed by atoms with Crippen LogP contribution in [0.5, 0.6) is 5.75 Å². The molecule has 0 aromatic heterocycles. The molecule has 2 bridgehead atoms. The molecular weight excluding hydrogens is 480 g/mol. The second kappa shape index (κ2) is 8.08. The fourth-order valence-corrected chi connectivity index (χ4v) is 10.2. The van der Waals surface area contributed by atoms with Gasteiger partial charge >= 0.3 is 5.97 Å². The minimum absolute atomic E-state index is 0.0160. The Morgan fingerprint density at radius 1 is 1.03 bits per heavy atom. The molecule has 6 heteroatoms. The summed E-state index contributed by atoms with van der Waals surface area (Å²) in [5.41, 5.74) is 2.16. The summed E-state index contributed by atoms with van der Waals surface area (Å²) in [4.78, 5) is 25.8. The van der Waals surface area contributed by atoms with Gasteiger partial charge < -0.3 is 13.9 Å². The van der Waals surface area contributed by atoms with Crippen LogP contribution in [0, 0.1) is 28.6 Å². The van der Waals surface area contributed by atoms with E-state index in [1.54, 1.807) is 7.11 Å².